The van der Waals surface area contributed by atoms with E-state index in [0.29, 0.717) is 11.1 Å². The molecule has 1 aromatic carbocycles. The van der Waals surface area contributed by atoms with Crippen molar-refractivity contribution in [2.45, 2.75) is 37.2 Å². The minimum atomic E-state index is -3.14. The van der Waals surface area contributed by atoms with Gasteiger partial charge in [-0.3, -0.25) is 0 Å². The molecule has 0 amide bonds. The molecule has 1 fully saturated rings. The lowest BCUT2D eigenvalue weighted by Gasteiger charge is -2.29. The molecular weight excluding hydrogens is 320 g/mol. The van der Waals surface area contributed by atoms with Crippen molar-refractivity contribution >= 4 is 19.7 Å². The van der Waals surface area contributed by atoms with Crippen LogP contribution in [0.15, 0.2) is 24.3 Å². The van der Waals surface area contributed by atoms with Gasteiger partial charge in [0.1, 0.15) is 0 Å². The van der Waals surface area contributed by atoms with Crippen molar-refractivity contribution in [3.8, 4) is 0 Å². The Balaban J connectivity index is 1.98. The molecule has 6 heteroatoms. The first-order chi connectivity index (χ1) is 10.3. The molecule has 0 unspecified atom stereocenters. The lowest BCUT2D eigenvalue weighted by Crippen LogP contribution is -2.28. The average molecular weight is 342 g/mol. The third kappa shape index (κ3) is 4.10. The van der Waals surface area contributed by atoms with Gasteiger partial charge in [0.2, 0.25) is 0 Å². The third-order valence-corrected chi connectivity index (χ3v) is 8.14. The second-order valence-corrected chi connectivity index (χ2v) is 11.0. The van der Waals surface area contributed by atoms with E-state index in [0.717, 1.165) is 25.7 Å². The van der Waals surface area contributed by atoms with Crippen LogP contribution < -0.4 is 0 Å². The number of benzene rings is 1. The summed E-state index contributed by atoms with van der Waals surface area (Å²) in [6, 6.07) is 7.01. The summed E-state index contributed by atoms with van der Waals surface area (Å²) in [5.41, 5.74) is 1.39. The molecular formula is C16H22O4S2. The van der Waals surface area contributed by atoms with E-state index in [1.165, 1.54) is 0 Å². The fourth-order valence-corrected chi connectivity index (χ4v) is 7.51. The van der Waals surface area contributed by atoms with E-state index in [4.69, 9.17) is 0 Å². The summed E-state index contributed by atoms with van der Waals surface area (Å²) in [5, 5.41) is 0. The van der Waals surface area contributed by atoms with Crippen LogP contribution in [0.2, 0.25) is 0 Å². The summed E-state index contributed by atoms with van der Waals surface area (Å²) in [5.74, 6) is 0.634. The van der Waals surface area contributed by atoms with Crippen LogP contribution in [0.1, 0.15) is 36.8 Å². The largest absolute Gasteiger partial charge is 0.228 e. The maximum atomic E-state index is 12.4. The van der Waals surface area contributed by atoms with Crippen molar-refractivity contribution in [2.24, 2.45) is 11.8 Å². The topological polar surface area (TPSA) is 68.3 Å². The van der Waals surface area contributed by atoms with Crippen molar-refractivity contribution in [3.05, 3.63) is 35.4 Å². The monoisotopic (exact) mass is 342 g/mol. The molecule has 1 saturated carbocycles. The highest BCUT2D eigenvalue weighted by molar-refractivity contribution is 7.90. The fraction of sp³-hybridized carbons (Fsp3) is 0.625. The SMILES string of the molecule is O=S1(=O)Cc2cccc(c2)CS(=O)(=O)C[C@H]2CCC[C@H](C2)C1. The standard InChI is InChI=1S/C16H22O4S2/c17-21(18)9-13-3-1-4-14(7-13)10-22(19,20)12-16-6-2-5-15(8-16)11-21/h1,3-4,7,15-16H,2,5-6,8-12H2/t15-,16+. The van der Waals surface area contributed by atoms with Crippen molar-refractivity contribution in [1.82, 2.24) is 0 Å². The van der Waals surface area contributed by atoms with Crippen LogP contribution in [-0.4, -0.2) is 28.3 Å². The molecule has 3 rings (SSSR count). The van der Waals surface area contributed by atoms with E-state index in [-0.39, 0.29) is 34.8 Å². The highest BCUT2D eigenvalue weighted by Gasteiger charge is 2.30. The highest BCUT2D eigenvalue weighted by atomic mass is 32.2. The zero-order chi connectivity index (χ0) is 15.8. The van der Waals surface area contributed by atoms with Crippen LogP contribution in [0.25, 0.3) is 0 Å². The van der Waals surface area contributed by atoms with Gasteiger partial charge in [-0.1, -0.05) is 30.7 Å². The van der Waals surface area contributed by atoms with Crippen molar-refractivity contribution in [2.75, 3.05) is 11.5 Å². The number of sulfone groups is 2. The van der Waals surface area contributed by atoms with E-state index < -0.39 is 19.7 Å². The fourth-order valence-electron chi connectivity index (χ4n) is 3.86. The molecule has 0 radical (unpaired) electrons. The summed E-state index contributed by atoms with van der Waals surface area (Å²) in [6.07, 6.45) is 3.46. The van der Waals surface area contributed by atoms with Gasteiger partial charge in [-0.05, 0) is 42.2 Å². The first-order valence-corrected chi connectivity index (χ1v) is 11.4. The number of hydrogen-bond donors (Lipinski definition) is 0. The van der Waals surface area contributed by atoms with Gasteiger partial charge in [0.15, 0.2) is 19.7 Å². The first kappa shape index (κ1) is 16.0. The lowest BCUT2D eigenvalue weighted by molar-refractivity contribution is 0.303. The molecule has 0 N–H and O–H groups in total. The van der Waals surface area contributed by atoms with E-state index in [9.17, 15) is 16.8 Å². The summed E-state index contributed by atoms with van der Waals surface area (Å²) in [4.78, 5) is 0. The molecule has 2 aliphatic rings. The molecule has 1 aliphatic carbocycles. The lowest BCUT2D eigenvalue weighted by atomic mass is 9.83. The number of fused-ring (bicyclic) bond motifs is 4. The Kier molecular flexibility index (Phi) is 4.34. The first-order valence-electron chi connectivity index (χ1n) is 7.80. The van der Waals surface area contributed by atoms with Gasteiger partial charge in [0.05, 0.1) is 23.0 Å². The predicted molar refractivity (Wildman–Crippen MR) is 86.9 cm³/mol. The summed E-state index contributed by atoms with van der Waals surface area (Å²) in [7, 11) is -6.27. The normalized spacial score (nSPS) is 30.7. The number of hydrogen-bond acceptors (Lipinski definition) is 4. The molecule has 1 aliphatic heterocycles. The third-order valence-electron chi connectivity index (χ3n) is 4.64. The van der Waals surface area contributed by atoms with E-state index >= 15 is 0 Å². The molecule has 122 valence electrons. The van der Waals surface area contributed by atoms with Gasteiger partial charge < -0.3 is 0 Å². The quantitative estimate of drug-likeness (QED) is 0.726. The van der Waals surface area contributed by atoms with Gasteiger partial charge in [-0.15, -0.1) is 0 Å². The molecule has 0 saturated heterocycles. The van der Waals surface area contributed by atoms with Crippen LogP contribution in [0.4, 0.5) is 0 Å². The average Bonchev–Trinajstić information content (AvgIpc) is 2.35. The van der Waals surface area contributed by atoms with Crippen LogP contribution in [-0.2, 0) is 31.2 Å². The molecule has 2 atom stereocenters. The number of rotatable bonds is 0. The Labute approximate surface area is 132 Å². The Bertz CT molecular complexity index is 691. The molecule has 0 aromatic heterocycles. The van der Waals surface area contributed by atoms with Crippen molar-refractivity contribution < 1.29 is 16.8 Å². The van der Waals surface area contributed by atoms with Crippen LogP contribution in [0, 0.1) is 11.8 Å². The van der Waals surface area contributed by atoms with Crippen LogP contribution >= 0.6 is 0 Å². The van der Waals surface area contributed by atoms with Crippen molar-refractivity contribution in [3.63, 3.8) is 0 Å². The Hall–Kier alpha value is -0.880. The zero-order valence-corrected chi connectivity index (χ0v) is 14.2. The van der Waals surface area contributed by atoms with Crippen molar-refractivity contribution in [1.29, 1.82) is 0 Å². The predicted octanol–water partition coefficient (Wildman–Crippen LogP) is 2.34. The van der Waals surface area contributed by atoms with Gasteiger partial charge >= 0.3 is 0 Å². The molecule has 1 aromatic rings. The second kappa shape index (κ2) is 5.96. The molecule has 22 heavy (non-hydrogen) atoms. The smallest absolute Gasteiger partial charge is 0.154 e. The van der Waals surface area contributed by atoms with Crippen LogP contribution in [0.3, 0.4) is 0 Å². The van der Waals surface area contributed by atoms with E-state index in [1.54, 1.807) is 24.3 Å². The Morgan fingerprint density at radius 2 is 1.32 bits per heavy atom. The van der Waals surface area contributed by atoms with Gasteiger partial charge in [0.25, 0.3) is 0 Å². The van der Waals surface area contributed by atoms with Gasteiger partial charge in [0, 0.05) is 0 Å². The Morgan fingerprint density at radius 3 is 1.82 bits per heavy atom. The second-order valence-electron chi connectivity index (χ2n) is 6.83. The Morgan fingerprint density at radius 1 is 0.818 bits per heavy atom. The molecule has 4 nitrogen and oxygen atoms in total. The molecule has 4 bridgehead atoms. The van der Waals surface area contributed by atoms with Crippen LogP contribution in [0.5, 0.6) is 0 Å². The minimum absolute atomic E-state index is 0.0159. The maximum absolute atomic E-state index is 12.4. The summed E-state index contributed by atoms with van der Waals surface area (Å²) < 4.78 is 49.6. The minimum Gasteiger partial charge on any atom is -0.228 e. The van der Waals surface area contributed by atoms with Gasteiger partial charge in [-0.25, -0.2) is 16.8 Å². The molecule has 1 heterocycles. The molecule has 0 spiro atoms. The van der Waals surface area contributed by atoms with Gasteiger partial charge in [-0.2, -0.15) is 0 Å². The van der Waals surface area contributed by atoms with E-state index in [2.05, 4.69) is 0 Å². The summed E-state index contributed by atoms with van der Waals surface area (Å²) >= 11 is 0. The highest BCUT2D eigenvalue weighted by Crippen LogP contribution is 2.32. The summed E-state index contributed by atoms with van der Waals surface area (Å²) in [6.45, 7) is 0. The zero-order valence-electron chi connectivity index (χ0n) is 12.6. The maximum Gasteiger partial charge on any atom is 0.154 e. The van der Waals surface area contributed by atoms with E-state index in [1.807, 2.05) is 0 Å².